The van der Waals surface area contributed by atoms with Crippen LogP contribution in [0.25, 0.3) is 0 Å². The van der Waals surface area contributed by atoms with Gasteiger partial charge in [0.15, 0.2) is 0 Å². The lowest BCUT2D eigenvalue weighted by Crippen LogP contribution is -2.46. The molecule has 0 bridgehead atoms. The second kappa shape index (κ2) is 6.54. The van der Waals surface area contributed by atoms with Crippen molar-refractivity contribution in [2.75, 3.05) is 23.7 Å². The summed E-state index contributed by atoms with van der Waals surface area (Å²) in [5, 5.41) is 2.99. The number of benzene rings is 1. The van der Waals surface area contributed by atoms with E-state index in [9.17, 15) is 4.79 Å². The first kappa shape index (κ1) is 16.9. The number of amides is 1. The van der Waals surface area contributed by atoms with Crippen LogP contribution in [0.4, 0.5) is 16.2 Å². The van der Waals surface area contributed by atoms with Gasteiger partial charge in [-0.3, -0.25) is 0 Å². The first-order chi connectivity index (χ1) is 11.3. The molecule has 1 aromatic carbocycles. The quantitative estimate of drug-likeness (QED) is 0.830. The standard InChI is InChI=1S/C19H29N3O2/c1-19(2,3)24-18(23)21-16-6-8-22(9-7-16)17-11-14(13-4-5-13)10-15(20)12-17/h10-13,16H,4-9,20H2,1-3H3,(H,21,23). The van der Waals surface area contributed by atoms with E-state index < -0.39 is 5.60 Å². The van der Waals surface area contributed by atoms with Crippen molar-refractivity contribution in [3.8, 4) is 0 Å². The highest BCUT2D eigenvalue weighted by Gasteiger charge is 2.26. The van der Waals surface area contributed by atoms with Crippen molar-refractivity contribution in [2.24, 2.45) is 0 Å². The molecule has 0 atom stereocenters. The summed E-state index contributed by atoms with van der Waals surface area (Å²) in [7, 11) is 0. The fourth-order valence-electron chi connectivity index (χ4n) is 3.25. The topological polar surface area (TPSA) is 67.6 Å². The van der Waals surface area contributed by atoms with Crippen molar-refractivity contribution in [1.82, 2.24) is 5.32 Å². The summed E-state index contributed by atoms with van der Waals surface area (Å²) in [4.78, 5) is 14.3. The Morgan fingerprint density at radius 3 is 2.42 bits per heavy atom. The van der Waals surface area contributed by atoms with E-state index in [-0.39, 0.29) is 12.1 Å². The predicted molar refractivity (Wildman–Crippen MR) is 97.4 cm³/mol. The van der Waals surface area contributed by atoms with E-state index in [1.165, 1.54) is 24.1 Å². The van der Waals surface area contributed by atoms with Gasteiger partial charge in [-0.05, 0) is 76.1 Å². The van der Waals surface area contributed by atoms with Gasteiger partial charge in [0.05, 0.1) is 0 Å². The monoisotopic (exact) mass is 331 g/mol. The van der Waals surface area contributed by atoms with E-state index >= 15 is 0 Å². The highest BCUT2D eigenvalue weighted by molar-refractivity contribution is 5.68. The van der Waals surface area contributed by atoms with Crippen LogP contribution >= 0.6 is 0 Å². The van der Waals surface area contributed by atoms with Crippen LogP contribution < -0.4 is 16.0 Å². The van der Waals surface area contributed by atoms with Crippen LogP contribution in [0.15, 0.2) is 18.2 Å². The summed E-state index contributed by atoms with van der Waals surface area (Å²) in [6.45, 7) is 7.49. The minimum Gasteiger partial charge on any atom is -0.444 e. The number of nitrogens with two attached hydrogens (primary N) is 1. The third-order valence-electron chi connectivity index (χ3n) is 4.59. The van der Waals surface area contributed by atoms with Crippen molar-refractivity contribution in [2.45, 2.75) is 64.0 Å². The van der Waals surface area contributed by atoms with Crippen molar-refractivity contribution in [3.05, 3.63) is 23.8 Å². The molecule has 2 fully saturated rings. The van der Waals surface area contributed by atoms with Gasteiger partial charge in [-0.25, -0.2) is 4.79 Å². The number of anilines is 2. The van der Waals surface area contributed by atoms with Crippen molar-refractivity contribution >= 4 is 17.5 Å². The summed E-state index contributed by atoms with van der Waals surface area (Å²) >= 11 is 0. The Kier molecular flexibility index (Phi) is 4.61. The zero-order chi connectivity index (χ0) is 17.3. The van der Waals surface area contributed by atoms with E-state index in [2.05, 4.69) is 28.4 Å². The molecule has 1 saturated carbocycles. The molecule has 1 saturated heterocycles. The van der Waals surface area contributed by atoms with Gasteiger partial charge >= 0.3 is 6.09 Å². The normalized spacial score (nSPS) is 19.2. The van der Waals surface area contributed by atoms with Crippen molar-refractivity contribution < 1.29 is 9.53 Å². The molecule has 0 unspecified atom stereocenters. The van der Waals surface area contributed by atoms with Crippen LogP contribution in [0.1, 0.15) is 57.9 Å². The number of nitrogen functional groups attached to an aromatic ring is 1. The Morgan fingerprint density at radius 1 is 1.17 bits per heavy atom. The maximum absolute atomic E-state index is 11.9. The first-order valence-corrected chi connectivity index (χ1v) is 8.95. The second-order valence-electron chi connectivity index (χ2n) is 8.04. The van der Waals surface area contributed by atoms with Gasteiger partial charge in [0.1, 0.15) is 5.60 Å². The lowest BCUT2D eigenvalue weighted by molar-refractivity contribution is 0.0497. The molecule has 3 N–H and O–H groups in total. The number of hydrogen-bond acceptors (Lipinski definition) is 4. The van der Waals surface area contributed by atoms with Crippen LogP contribution in [0.2, 0.25) is 0 Å². The fourth-order valence-corrected chi connectivity index (χ4v) is 3.25. The number of carbonyl (C=O) groups excluding carboxylic acids is 1. The average Bonchev–Trinajstić information content (AvgIpc) is 3.30. The molecule has 1 heterocycles. The molecule has 0 radical (unpaired) electrons. The van der Waals surface area contributed by atoms with Gasteiger partial charge in [-0.1, -0.05) is 0 Å². The number of piperidine rings is 1. The van der Waals surface area contributed by atoms with Crippen LogP contribution in [-0.4, -0.2) is 30.8 Å². The molecule has 24 heavy (non-hydrogen) atoms. The Morgan fingerprint density at radius 2 is 1.83 bits per heavy atom. The maximum Gasteiger partial charge on any atom is 0.407 e. The number of carbonyl (C=O) groups is 1. The van der Waals surface area contributed by atoms with E-state index in [0.717, 1.165) is 31.6 Å². The number of alkyl carbamates (subject to hydrolysis) is 1. The predicted octanol–water partition coefficient (Wildman–Crippen LogP) is 3.64. The molecular weight excluding hydrogens is 302 g/mol. The van der Waals surface area contributed by atoms with Gasteiger partial charge in [-0.2, -0.15) is 0 Å². The Balaban J connectivity index is 1.54. The van der Waals surface area contributed by atoms with Crippen LogP contribution in [0.5, 0.6) is 0 Å². The number of nitrogens with one attached hydrogen (secondary N) is 1. The van der Waals surface area contributed by atoms with E-state index in [1.54, 1.807) is 0 Å². The molecule has 1 amide bonds. The zero-order valence-electron chi connectivity index (χ0n) is 15.0. The molecule has 1 aliphatic heterocycles. The Labute approximate surface area is 144 Å². The number of rotatable bonds is 3. The third-order valence-corrected chi connectivity index (χ3v) is 4.59. The largest absolute Gasteiger partial charge is 0.444 e. The minimum atomic E-state index is -0.453. The molecule has 1 aromatic rings. The van der Waals surface area contributed by atoms with Gasteiger partial charge in [0, 0.05) is 30.5 Å². The van der Waals surface area contributed by atoms with E-state index in [4.69, 9.17) is 10.5 Å². The summed E-state index contributed by atoms with van der Waals surface area (Å²) in [6.07, 6.45) is 4.09. The van der Waals surface area contributed by atoms with Gasteiger partial charge in [-0.15, -0.1) is 0 Å². The summed E-state index contributed by atoms with van der Waals surface area (Å²) < 4.78 is 5.34. The summed E-state index contributed by atoms with van der Waals surface area (Å²) in [6, 6.07) is 6.64. The Bertz CT molecular complexity index is 597. The lowest BCUT2D eigenvalue weighted by Gasteiger charge is -2.34. The maximum atomic E-state index is 11.9. The Hall–Kier alpha value is -1.91. The van der Waals surface area contributed by atoms with Gasteiger partial charge in [0.25, 0.3) is 0 Å². The minimum absolute atomic E-state index is 0.181. The number of hydrogen-bond donors (Lipinski definition) is 2. The lowest BCUT2D eigenvalue weighted by atomic mass is 10.0. The van der Waals surface area contributed by atoms with E-state index in [1.807, 2.05) is 20.8 Å². The van der Waals surface area contributed by atoms with Crippen molar-refractivity contribution in [1.29, 1.82) is 0 Å². The van der Waals surface area contributed by atoms with Gasteiger partial charge < -0.3 is 20.7 Å². The fraction of sp³-hybridized carbons (Fsp3) is 0.632. The third kappa shape index (κ3) is 4.56. The van der Waals surface area contributed by atoms with Crippen LogP contribution in [0, 0.1) is 0 Å². The SMILES string of the molecule is CC(C)(C)OC(=O)NC1CCN(c2cc(N)cc(C3CC3)c2)CC1. The molecule has 5 nitrogen and oxygen atoms in total. The highest BCUT2D eigenvalue weighted by Crippen LogP contribution is 2.42. The smallest absolute Gasteiger partial charge is 0.407 e. The average molecular weight is 331 g/mol. The molecule has 0 spiro atoms. The van der Waals surface area contributed by atoms with Crippen molar-refractivity contribution in [3.63, 3.8) is 0 Å². The molecule has 2 aliphatic rings. The van der Waals surface area contributed by atoms with Crippen LogP contribution in [0.3, 0.4) is 0 Å². The molecule has 132 valence electrons. The molecule has 0 aromatic heterocycles. The van der Waals surface area contributed by atoms with Gasteiger partial charge in [0.2, 0.25) is 0 Å². The first-order valence-electron chi connectivity index (χ1n) is 8.95. The number of ether oxygens (including phenoxy) is 1. The second-order valence-corrected chi connectivity index (χ2v) is 8.04. The molecule has 1 aliphatic carbocycles. The summed E-state index contributed by atoms with van der Waals surface area (Å²) in [5.74, 6) is 0.707. The van der Waals surface area contributed by atoms with Crippen LogP contribution in [-0.2, 0) is 4.74 Å². The van der Waals surface area contributed by atoms with E-state index in [0.29, 0.717) is 5.92 Å². The number of nitrogens with zero attached hydrogens (tertiary/aromatic N) is 1. The summed E-state index contributed by atoms with van der Waals surface area (Å²) in [5.41, 5.74) is 9.07. The molecule has 3 rings (SSSR count). The molecule has 5 heteroatoms. The molecular formula is C19H29N3O2. The highest BCUT2D eigenvalue weighted by atomic mass is 16.6. The zero-order valence-corrected chi connectivity index (χ0v) is 15.0.